The molecule has 0 bridgehead atoms. The van der Waals surface area contributed by atoms with Gasteiger partial charge in [-0.1, -0.05) is 18.2 Å². The van der Waals surface area contributed by atoms with E-state index in [4.69, 9.17) is 5.73 Å². The van der Waals surface area contributed by atoms with E-state index in [0.29, 0.717) is 28.9 Å². The smallest absolute Gasteiger partial charge is 0.257 e. The van der Waals surface area contributed by atoms with Crippen molar-refractivity contribution in [3.05, 3.63) is 59.9 Å². The molecule has 1 aromatic carbocycles. The van der Waals surface area contributed by atoms with Crippen LogP contribution < -0.4 is 5.73 Å². The normalized spacial score (nSPS) is 16.9. The molecule has 1 atom stereocenters. The maximum absolute atomic E-state index is 14.5. The van der Waals surface area contributed by atoms with Gasteiger partial charge in [0.1, 0.15) is 5.82 Å². The Hall–Kier alpha value is -3.29. The number of piperidine rings is 1. The predicted octanol–water partition coefficient (Wildman–Crippen LogP) is 2.97. The van der Waals surface area contributed by atoms with Gasteiger partial charge in [0.25, 0.3) is 5.91 Å². The van der Waals surface area contributed by atoms with Crippen molar-refractivity contribution in [2.24, 2.45) is 7.05 Å². The minimum Gasteiger partial charge on any atom is -0.368 e. The highest BCUT2D eigenvalue weighted by atomic mass is 19.1. The second kappa shape index (κ2) is 7.38. The Morgan fingerprint density at radius 3 is 2.79 bits per heavy atom. The first-order chi connectivity index (χ1) is 13.5. The van der Waals surface area contributed by atoms with Crippen molar-refractivity contribution >= 4 is 11.9 Å². The number of benzene rings is 1. The molecule has 1 aliphatic rings. The third-order valence-electron chi connectivity index (χ3n) is 5.03. The number of hydrogen-bond acceptors (Lipinski definition) is 5. The van der Waals surface area contributed by atoms with Crippen molar-refractivity contribution < 1.29 is 9.18 Å². The highest BCUT2D eigenvalue weighted by molar-refractivity contribution is 5.94. The summed E-state index contributed by atoms with van der Waals surface area (Å²) < 4.78 is 16.1. The third kappa shape index (κ3) is 3.33. The van der Waals surface area contributed by atoms with Crippen molar-refractivity contribution in [2.45, 2.75) is 25.3 Å². The molecule has 2 N–H and O–H groups in total. The summed E-state index contributed by atoms with van der Waals surface area (Å²) in [7, 11) is 1.77. The molecule has 0 spiro atoms. The first-order valence-corrected chi connectivity index (χ1v) is 9.21. The first kappa shape index (κ1) is 18.1. The van der Waals surface area contributed by atoms with Crippen LogP contribution in [0.25, 0.3) is 11.1 Å². The standard InChI is InChI=1S/C20H21FN6O/c1-26-12-13(10-24-26)19(28)27-9-5-4-8-17(27)18-15(11-23-20(22)25-18)14-6-2-3-7-16(14)21/h2-3,6-7,10-12,17H,4-5,8-9H2,1H3,(H2,22,23,25). The van der Waals surface area contributed by atoms with E-state index in [2.05, 4.69) is 15.1 Å². The molecule has 4 rings (SSSR count). The highest BCUT2D eigenvalue weighted by Crippen LogP contribution is 2.37. The number of nitrogen functional groups attached to an aromatic ring is 1. The Balaban J connectivity index is 1.79. The van der Waals surface area contributed by atoms with Crippen molar-refractivity contribution in [2.75, 3.05) is 12.3 Å². The van der Waals surface area contributed by atoms with E-state index < -0.39 is 0 Å². The molecular weight excluding hydrogens is 359 g/mol. The fraction of sp³-hybridized carbons (Fsp3) is 0.300. The number of nitrogens with two attached hydrogens (primary N) is 1. The molecule has 0 aliphatic carbocycles. The molecule has 1 fully saturated rings. The SMILES string of the molecule is Cn1cc(C(=O)N2CCCCC2c2nc(N)ncc2-c2ccccc2F)cn1. The summed E-state index contributed by atoms with van der Waals surface area (Å²) >= 11 is 0. The lowest BCUT2D eigenvalue weighted by Crippen LogP contribution is -2.39. The van der Waals surface area contributed by atoms with E-state index in [-0.39, 0.29) is 23.7 Å². The molecule has 144 valence electrons. The van der Waals surface area contributed by atoms with Crippen molar-refractivity contribution in [1.82, 2.24) is 24.6 Å². The Morgan fingerprint density at radius 1 is 1.21 bits per heavy atom. The molecule has 3 heterocycles. The van der Waals surface area contributed by atoms with Gasteiger partial charge in [0.05, 0.1) is 23.5 Å². The van der Waals surface area contributed by atoms with Gasteiger partial charge in [-0.15, -0.1) is 0 Å². The lowest BCUT2D eigenvalue weighted by Gasteiger charge is -2.36. The van der Waals surface area contributed by atoms with E-state index in [1.54, 1.807) is 47.2 Å². The number of likely N-dealkylation sites (tertiary alicyclic amines) is 1. The fourth-order valence-electron chi connectivity index (χ4n) is 3.71. The number of aromatic nitrogens is 4. The fourth-order valence-corrected chi connectivity index (χ4v) is 3.71. The quantitative estimate of drug-likeness (QED) is 0.754. The molecule has 8 heteroatoms. The Labute approximate surface area is 162 Å². The zero-order valence-corrected chi connectivity index (χ0v) is 15.5. The molecule has 1 unspecified atom stereocenters. The van der Waals surface area contributed by atoms with E-state index in [1.165, 1.54) is 12.3 Å². The Kier molecular flexibility index (Phi) is 4.77. The lowest BCUT2D eigenvalue weighted by atomic mass is 9.93. The number of hydrogen-bond donors (Lipinski definition) is 1. The van der Waals surface area contributed by atoms with Gasteiger partial charge in [-0.2, -0.15) is 5.10 Å². The summed E-state index contributed by atoms with van der Waals surface area (Å²) in [6, 6.07) is 6.17. The van der Waals surface area contributed by atoms with E-state index in [0.717, 1.165) is 19.3 Å². The van der Waals surface area contributed by atoms with E-state index >= 15 is 0 Å². The first-order valence-electron chi connectivity index (χ1n) is 9.21. The highest BCUT2D eigenvalue weighted by Gasteiger charge is 2.32. The zero-order chi connectivity index (χ0) is 19.7. The number of rotatable bonds is 3. The third-order valence-corrected chi connectivity index (χ3v) is 5.03. The lowest BCUT2D eigenvalue weighted by molar-refractivity contribution is 0.0606. The molecule has 0 saturated carbocycles. The van der Waals surface area contributed by atoms with Crippen LogP contribution in [-0.4, -0.2) is 37.1 Å². The van der Waals surface area contributed by atoms with Crippen LogP contribution in [0, 0.1) is 5.82 Å². The van der Waals surface area contributed by atoms with E-state index in [1.807, 2.05) is 0 Å². The molecular formula is C20H21FN6O. The van der Waals surface area contributed by atoms with Crippen molar-refractivity contribution in [1.29, 1.82) is 0 Å². The number of amides is 1. The van der Waals surface area contributed by atoms with Gasteiger partial charge in [-0.25, -0.2) is 14.4 Å². The molecule has 28 heavy (non-hydrogen) atoms. The van der Waals surface area contributed by atoms with Gasteiger partial charge in [0.2, 0.25) is 5.95 Å². The largest absolute Gasteiger partial charge is 0.368 e. The average Bonchev–Trinajstić information content (AvgIpc) is 3.14. The number of carbonyl (C=O) groups is 1. The predicted molar refractivity (Wildman–Crippen MR) is 103 cm³/mol. The average molecular weight is 380 g/mol. The molecule has 1 amide bonds. The summed E-state index contributed by atoms with van der Waals surface area (Å²) in [5, 5.41) is 4.10. The Morgan fingerprint density at radius 2 is 2.04 bits per heavy atom. The van der Waals surface area contributed by atoms with Crippen LogP contribution >= 0.6 is 0 Å². The summed E-state index contributed by atoms with van der Waals surface area (Å²) in [6.45, 7) is 0.596. The van der Waals surface area contributed by atoms with Gasteiger partial charge in [-0.05, 0) is 25.3 Å². The maximum atomic E-state index is 14.5. The molecule has 2 aromatic heterocycles. The topological polar surface area (TPSA) is 89.9 Å². The number of carbonyl (C=O) groups excluding carboxylic acids is 1. The van der Waals surface area contributed by atoms with Crippen molar-refractivity contribution in [3.8, 4) is 11.1 Å². The van der Waals surface area contributed by atoms with Gasteiger partial charge >= 0.3 is 0 Å². The van der Waals surface area contributed by atoms with Crippen LogP contribution in [0.2, 0.25) is 0 Å². The number of aryl methyl sites for hydroxylation is 1. The molecule has 0 radical (unpaired) electrons. The second-order valence-corrected chi connectivity index (χ2v) is 6.92. The molecule has 1 saturated heterocycles. The van der Waals surface area contributed by atoms with Crippen LogP contribution in [0.15, 0.2) is 42.9 Å². The summed E-state index contributed by atoms with van der Waals surface area (Å²) in [6.07, 6.45) is 7.36. The van der Waals surface area contributed by atoms with Crippen molar-refractivity contribution in [3.63, 3.8) is 0 Å². The van der Waals surface area contributed by atoms with Gasteiger partial charge < -0.3 is 10.6 Å². The molecule has 3 aromatic rings. The second-order valence-electron chi connectivity index (χ2n) is 6.92. The summed E-state index contributed by atoms with van der Waals surface area (Å²) in [5.41, 5.74) is 7.91. The van der Waals surface area contributed by atoms with Crippen LogP contribution in [0.1, 0.15) is 41.4 Å². The zero-order valence-electron chi connectivity index (χ0n) is 15.5. The number of anilines is 1. The number of halogens is 1. The minimum atomic E-state index is -0.363. The van der Waals surface area contributed by atoms with Crippen LogP contribution in [0.4, 0.5) is 10.3 Å². The van der Waals surface area contributed by atoms with Gasteiger partial charge in [0, 0.05) is 37.1 Å². The Bertz CT molecular complexity index is 1020. The maximum Gasteiger partial charge on any atom is 0.257 e. The van der Waals surface area contributed by atoms with Gasteiger partial charge in [-0.3, -0.25) is 9.48 Å². The number of nitrogens with zero attached hydrogens (tertiary/aromatic N) is 5. The summed E-state index contributed by atoms with van der Waals surface area (Å²) in [5.74, 6) is -0.373. The van der Waals surface area contributed by atoms with Gasteiger partial charge in [0.15, 0.2) is 0 Å². The van der Waals surface area contributed by atoms with Crippen LogP contribution in [0.3, 0.4) is 0 Å². The molecule has 7 nitrogen and oxygen atoms in total. The monoisotopic (exact) mass is 380 g/mol. The minimum absolute atomic E-state index is 0.106. The van der Waals surface area contributed by atoms with E-state index in [9.17, 15) is 9.18 Å². The summed E-state index contributed by atoms with van der Waals surface area (Å²) in [4.78, 5) is 23.4. The molecule has 1 aliphatic heterocycles. The van der Waals surface area contributed by atoms with Crippen LogP contribution in [0.5, 0.6) is 0 Å². The van der Waals surface area contributed by atoms with Crippen LogP contribution in [-0.2, 0) is 7.05 Å².